The molecule has 6 nitrogen and oxygen atoms in total. The van der Waals surface area contributed by atoms with Crippen LogP contribution in [-0.4, -0.2) is 30.2 Å². The maximum atomic E-state index is 11.0. The fourth-order valence-electron chi connectivity index (χ4n) is 1.66. The Labute approximate surface area is 109 Å². The number of nitrogens with one attached hydrogen (secondary N) is 1. The van der Waals surface area contributed by atoms with Crippen LogP contribution in [0.25, 0.3) is 6.08 Å². The zero-order chi connectivity index (χ0) is 13.8. The van der Waals surface area contributed by atoms with E-state index in [0.29, 0.717) is 30.3 Å². The summed E-state index contributed by atoms with van der Waals surface area (Å²) in [6.45, 7) is 2.20. The van der Waals surface area contributed by atoms with Gasteiger partial charge in [0.2, 0.25) is 5.91 Å². The molecule has 0 spiro atoms. The second-order valence-electron chi connectivity index (χ2n) is 3.95. The Kier molecular flexibility index (Phi) is 3.70. The van der Waals surface area contributed by atoms with Crippen LogP contribution in [0.1, 0.15) is 12.5 Å². The topological polar surface area (TPSA) is 84.9 Å². The van der Waals surface area contributed by atoms with E-state index < -0.39 is 11.9 Å². The number of fused-ring (bicyclic) bond motifs is 1. The molecule has 1 amide bonds. The average Bonchev–Trinajstić information content (AvgIpc) is 2.37. The minimum Gasteiger partial charge on any atom is -0.486 e. The van der Waals surface area contributed by atoms with Gasteiger partial charge in [-0.15, -0.1) is 0 Å². The van der Waals surface area contributed by atoms with Gasteiger partial charge in [-0.05, 0) is 23.8 Å². The number of amides is 1. The Morgan fingerprint density at radius 1 is 1.26 bits per heavy atom. The molecule has 0 bridgehead atoms. The highest BCUT2D eigenvalue weighted by molar-refractivity contribution is 5.96. The van der Waals surface area contributed by atoms with Gasteiger partial charge in [-0.3, -0.25) is 4.79 Å². The van der Waals surface area contributed by atoms with Crippen LogP contribution in [0.15, 0.2) is 23.9 Å². The fraction of sp³-hybridized carbons (Fsp3) is 0.231. The number of rotatable bonds is 3. The molecule has 0 saturated heterocycles. The van der Waals surface area contributed by atoms with Crippen LogP contribution in [0.2, 0.25) is 0 Å². The van der Waals surface area contributed by atoms with E-state index in [-0.39, 0.29) is 5.70 Å². The summed E-state index contributed by atoms with van der Waals surface area (Å²) in [7, 11) is 0. The number of aliphatic carboxylic acids is 1. The monoisotopic (exact) mass is 263 g/mol. The number of carboxylic acid groups (broad SMARTS) is 1. The lowest BCUT2D eigenvalue weighted by Gasteiger charge is -2.18. The molecule has 100 valence electrons. The third-order valence-electron chi connectivity index (χ3n) is 2.42. The second-order valence-corrected chi connectivity index (χ2v) is 3.95. The molecule has 0 aromatic heterocycles. The first-order valence-corrected chi connectivity index (χ1v) is 5.68. The van der Waals surface area contributed by atoms with Gasteiger partial charge in [0.1, 0.15) is 18.9 Å². The maximum Gasteiger partial charge on any atom is 0.352 e. The van der Waals surface area contributed by atoms with Crippen molar-refractivity contribution in [2.75, 3.05) is 13.2 Å². The average molecular weight is 263 g/mol. The molecule has 1 heterocycles. The van der Waals surface area contributed by atoms with E-state index in [2.05, 4.69) is 5.32 Å². The van der Waals surface area contributed by atoms with E-state index >= 15 is 0 Å². The third-order valence-corrected chi connectivity index (χ3v) is 2.42. The highest BCUT2D eigenvalue weighted by atomic mass is 16.6. The van der Waals surface area contributed by atoms with Crippen molar-refractivity contribution in [3.05, 3.63) is 29.5 Å². The molecule has 6 heteroatoms. The molecule has 1 aromatic rings. The molecule has 0 unspecified atom stereocenters. The van der Waals surface area contributed by atoms with Gasteiger partial charge in [-0.2, -0.15) is 0 Å². The van der Waals surface area contributed by atoms with E-state index in [0.717, 1.165) is 0 Å². The number of hydrogen-bond donors (Lipinski definition) is 2. The van der Waals surface area contributed by atoms with Gasteiger partial charge in [-0.25, -0.2) is 4.79 Å². The van der Waals surface area contributed by atoms with E-state index in [1.54, 1.807) is 18.2 Å². The first-order valence-electron chi connectivity index (χ1n) is 5.68. The molecule has 19 heavy (non-hydrogen) atoms. The summed E-state index contributed by atoms with van der Waals surface area (Å²) < 4.78 is 10.8. The van der Waals surface area contributed by atoms with E-state index in [1.807, 2.05) is 0 Å². The summed E-state index contributed by atoms with van der Waals surface area (Å²) in [6, 6.07) is 5.06. The quantitative estimate of drug-likeness (QED) is 0.795. The van der Waals surface area contributed by atoms with Crippen molar-refractivity contribution in [3.8, 4) is 11.5 Å². The van der Waals surface area contributed by atoms with E-state index in [9.17, 15) is 9.59 Å². The summed E-state index contributed by atoms with van der Waals surface area (Å²) in [5.41, 5.74) is 0.416. The van der Waals surface area contributed by atoms with E-state index in [1.165, 1.54) is 13.0 Å². The Balaban J connectivity index is 2.29. The van der Waals surface area contributed by atoms with Crippen molar-refractivity contribution >= 4 is 18.0 Å². The van der Waals surface area contributed by atoms with Gasteiger partial charge in [-0.1, -0.05) is 6.07 Å². The summed E-state index contributed by atoms with van der Waals surface area (Å²) in [5, 5.41) is 11.2. The van der Waals surface area contributed by atoms with Crippen molar-refractivity contribution in [3.63, 3.8) is 0 Å². The van der Waals surface area contributed by atoms with Crippen molar-refractivity contribution in [1.82, 2.24) is 5.32 Å². The Morgan fingerprint density at radius 3 is 2.58 bits per heavy atom. The van der Waals surface area contributed by atoms with Crippen LogP contribution >= 0.6 is 0 Å². The summed E-state index contributed by atoms with van der Waals surface area (Å²) in [5.74, 6) is -0.455. The van der Waals surface area contributed by atoms with Crippen molar-refractivity contribution in [2.45, 2.75) is 6.92 Å². The number of hydrogen-bond acceptors (Lipinski definition) is 4. The fourth-order valence-corrected chi connectivity index (χ4v) is 1.66. The predicted molar refractivity (Wildman–Crippen MR) is 66.9 cm³/mol. The first kappa shape index (κ1) is 12.9. The standard InChI is InChI=1S/C13H13NO5/c1-8(15)14-10(13(16)17)6-9-2-3-11-12(7-9)19-5-4-18-11/h2-3,6-7H,4-5H2,1H3,(H,14,15)(H,16,17)/b10-6+. The molecule has 0 atom stereocenters. The Bertz CT molecular complexity index is 550. The largest absolute Gasteiger partial charge is 0.486 e. The van der Waals surface area contributed by atoms with Crippen molar-refractivity contribution < 1.29 is 24.2 Å². The Hall–Kier alpha value is -2.50. The molecule has 1 aliphatic rings. The highest BCUT2D eigenvalue weighted by Crippen LogP contribution is 2.31. The number of carbonyl (C=O) groups is 2. The number of benzene rings is 1. The summed E-state index contributed by atoms with van der Waals surface area (Å²) in [6.07, 6.45) is 1.36. The van der Waals surface area contributed by atoms with Crippen LogP contribution in [0.4, 0.5) is 0 Å². The zero-order valence-electron chi connectivity index (χ0n) is 10.3. The smallest absolute Gasteiger partial charge is 0.352 e. The molecule has 2 rings (SSSR count). The molecule has 0 fully saturated rings. The van der Waals surface area contributed by atoms with Gasteiger partial charge >= 0.3 is 5.97 Å². The van der Waals surface area contributed by atoms with Gasteiger partial charge in [0.05, 0.1) is 0 Å². The van der Waals surface area contributed by atoms with Crippen LogP contribution in [0, 0.1) is 0 Å². The third kappa shape index (κ3) is 3.25. The van der Waals surface area contributed by atoms with Crippen LogP contribution in [0.3, 0.4) is 0 Å². The van der Waals surface area contributed by atoms with Gasteiger partial charge < -0.3 is 19.9 Å². The van der Waals surface area contributed by atoms with Crippen LogP contribution in [-0.2, 0) is 9.59 Å². The lowest BCUT2D eigenvalue weighted by molar-refractivity contribution is -0.134. The number of carboxylic acids is 1. The molecule has 0 radical (unpaired) electrons. The number of carbonyl (C=O) groups excluding carboxylic acids is 1. The highest BCUT2D eigenvalue weighted by Gasteiger charge is 2.13. The lowest BCUT2D eigenvalue weighted by atomic mass is 10.1. The van der Waals surface area contributed by atoms with Gasteiger partial charge in [0, 0.05) is 6.92 Å². The summed E-state index contributed by atoms with van der Waals surface area (Å²) >= 11 is 0. The maximum absolute atomic E-state index is 11.0. The van der Waals surface area contributed by atoms with Crippen LogP contribution < -0.4 is 14.8 Å². The van der Waals surface area contributed by atoms with Gasteiger partial charge in [0.15, 0.2) is 11.5 Å². The lowest BCUT2D eigenvalue weighted by Crippen LogP contribution is -2.24. The SMILES string of the molecule is CC(=O)N/C(=C/c1ccc2c(c1)OCCO2)C(=O)O. The normalized spacial score (nSPS) is 13.8. The summed E-state index contributed by atoms with van der Waals surface area (Å²) in [4.78, 5) is 21.9. The Morgan fingerprint density at radius 2 is 1.95 bits per heavy atom. The molecule has 1 aromatic carbocycles. The van der Waals surface area contributed by atoms with Gasteiger partial charge in [0.25, 0.3) is 0 Å². The van der Waals surface area contributed by atoms with Crippen molar-refractivity contribution in [2.24, 2.45) is 0 Å². The molecular formula is C13H13NO5. The van der Waals surface area contributed by atoms with Crippen LogP contribution in [0.5, 0.6) is 11.5 Å². The predicted octanol–water partition coefficient (Wildman–Crippen LogP) is 1.02. The number of ether oxygens (including phenoxy) is 2. The molecular weight excluding hydrogens is 250 g/mol. The first-order chi connectivity index (χ1) is 9.06. The van der Waals surface area contributed by atoms with Crippen molar-refractivity contribution in [1.29, 1.82) is 0 Å². The molecule has 0 aliphatic carbocycles. The molecule has 1 aliphatic heterocycles. The second kappa shape index (κ2) is 5.43. The van der Waals surface area contributed by atoms with E-state index in [4.69, 9.17) is 14.6 Å². The molecule has 0 saturated carbocycles. The minimum atomic E-state index is -1.20. The zero-order valence-corrected chi connectivity index (χ0v) is 10.3. The minimum absolute atomic E-state index is 0.191. The molecule has 2 N–H and O–H groups in total.